The Morgan fingerprint density at radius 1 is 0.698 bits per heavy atom. The minimum atomic E-state index is -3.57. The van der Waals surface area contributed by atoms with Gasteiger partial charge < -0.3 is 10.6 Å². The van der Waals surface area contributed by atoms with Gasteiger partial charge in [-0.2, -0.15) is 0 Å². The summed E-state index contributed by atoms with van der Waals surface area (Å²) in [4.78, 5) is 25.4. The first kappa shape index (κ1) is 37.6. The van der Waals surface area contributed by atoms with E-state index in [0.717, 1.165) is 56.7 Å². The molecule has 0 spiro atoms. The van der Waals surface area contributed by atoms with Crippen LogP contribution in [0, 0.1) is 0 Å². The molecule has 0 aliphatic carbocycles. The monoisotopic (exact) mass is 653 g/mol. The number of unbranched alkanes of at least 4 members (excludes halogenated alkanes) is 8. The fourth-order valence-electron chi connectivity index (χ4n) is 4.78. The molecule has 3 N–H and O–H groups in total. The van der Waals surface area contributed by atoms with Crippen LogP contribution in [0.1, 0.15) is 112 Å². The lowest BCUT2D eigenvalue weighted by Gasteiger charge is -2.06. The number of carbonyl (C=O) groups excluding carboxylic acids is 2. The minimum absolute atomic E-state index is 0.00224. The highest BCUT2D eigenvalue weighted by Gasteiger charge is 2.17. The fourth-order valence-corrected chi connectivity index (χ4v) is 7.38. The van der Waals surface area contributed by atoms with Gasteiger partial charge in [-0.1, -0.05) is 57.0 Å². The maximum Gasteiger partial charge on any atom is 0.250 e. The van der Waals surface area contributed by atoms with Crippen molar-refractivity contribution in [1.29, 1.82) is 0 Å². The summed E-state index contributed by atoms with van der Waals surface area (Å²) in [5.74, 6) is 0.323. The lowest BCUT2D eigenvalue weighted by Crippen LogP contribution is -2.24. The van der Waals surface area contributed by atoms with E-state index in [1.54, 1.807) is 36.4 Å². The number of rotatable bonds is 27. The van der Waals surface area contributed by atoms with Crippen molar-refractivity contribution < 1.29 is 18.0 Å². The molecule has 43 heavy (non-hydrogen) atoms. The second kappa shape index (κ2) is 22.8. The van der Waals surface area contributed by atoms with Crippen molar-refractivity contribution in [3.05, 3.63) is 51.9 Å². The molecule has 10 heteroatoms. The number of ketones is 2. The van der Waals surface area contributed by atoms with Crippen molar-refractivity contribution in [2.75, 3.05) is 32.7 Å². The molecule has 0 aliphatic heterocycles. The summed E-state index contributed by atoms with van der Waals surface area (Å²) in [6, 6.07) is 10.1. The molecule has 0 atom stereocenters. The van der Waals surface area contributed by atoms with Crippen molar-refractivity contribution in [3.8, 4) is 0 Å². The molecule has 1 heterocycles. The third-order valence-corrected chi connectivity index (χ3v) is 10.7. The SMILES string of the molecule is CCNCCCNCCCCCCCCCC(=O)CCCCCNS(=O)(=O)c1ccc(CCC(=O)c2ccc(Cl)cc2)s1. The number of aryl methyl sites for hydroxylation is 1. The third kappa shape index (κ3) is 17.5. The van der Waals surface area contributed by atoms with E-state index in [0.29, 0.717) is 55.0 Å². The molecule has 0 saturated heterocycles. The summed E-state index contributed by atoms with van der Waals surface area (Å²) in [6.07, 6.45) is 13.9. The standard InChI is InChI=1S/C33H52ClN3O4S2/c1-2-35-25-13-26-36-24-11-7-5-3-4-6-9-14-30(38)15-10-8-12-27-37-43(40,41)33-23-21-31(42-33)20-22-32(39)28-16-18-29(34)19-17-28/h16-19,21,23,35-37H,2-15,20,22,24-27H2,1H3. The Balaban J connectivity index is 1.44. The predicted molar refractivity (Wildman–Crippen MR) is 180 cm³/mol. The van der Waals surface area contributed by atoms with Crippen molar-refractivity contribution in [1.82, 2.24) is 15.4 Å². The lowest BCUT2D eigenvalue weighted by atomic mass is 10.0. The first-order chi connectivity index (χ1) is 20.8. The highest BCUT2D eigenvalue weighted by atomic mass is 35.5. The third-order valence-electron chi connectivity index (χ3n) is 7.36. The first-order valence-electron chi connectivity index (χ1n) is 16.1. The van der Waals surface area contributed by atoms with Crippen LogP contribution in [-0.4, -0.2) is 52.7 Å². The molecule has 242 valence electrons. The highest BCUT2D eigenvalue weighted by molar-refractivity contribution is 7.91. The summed E-state index contributed by atoms with van der Waals surface area (Å²) in [6.45, 7) is 6.83. The van der Waals surface area contributed by atoms with Gasteiger partial charge in [0.25, 0.3) is 0 Å². The Morgan fingerprint density at radius 2 is 1.28 bits per heavy atom. The van der Waals surface area contributed by atoms with E-state index < -0.39 is 10.0 Å². The van der Waals surface area contributed by atoms with Crippen molar-refractivity contribution >= 4 is 44.5 Å². The average molecular weight is 654 g/mol. The number of benzene rings is 1. The van der Waals surface area contributed by atoms with Crippen molar-refractivity contribution in [2.45, 2.75) is 107 Å². The van der Waals surface area contributed by atoms with E-state index >= 15 is 0 Å². The van der Waals surface area contributed by atoms with Crippen LogP contribution in [0.25, 0.3) is 0 Å². The zero-order valence-corrected chi connectivity index (χ0v) is 28.3. The molecule has 1 aromatic carbocycles. The summed E-state index contributed by atoms with van der Waals surface area (Å²) in [7, 11) is -3.57. The lowest BCUT2D eigenvalue weighted by molar-refractivity contribution is -0.119. The van der Waals surface area contributed by atoms with Crippen LogP contribution < -0.4 is 15.4 Å². The molecule has 0 amide bonds. The first-order valence-corrected chi connectivity index (χ1v) is 18.8. The van der Waals surface area contributed by atoms with Crippen LogP contribution >= 0.6 is 22.9 Å². The van der Waals surface area contributed by atoms with Gasteiger partial charge in [0, 0.05) is 41.3 Å². The van der Waals surface area contributed by atoms with Gasteiger partial charge in [-0.15, -0.1) is 11.3 Å². The Hall–Kier alpha value is -1.62. The Bertz CT molecular complexity index is 1150. The molecule has 0 radical (unpaired) electrons. The van der Waals surface area contributed by atoms with Crippen molar-refractivity contribution in [2.24, 2.45) is 0 Å². The number of hydrogen-bond donors (Lipinski definition) is 3. The van der Waals surface area contributed by atoms with Gasteiger partial charge in [-0.05, 0) is 101 Å². The van der Waals surface area contributed by atoms with E-state index in [1.165, 1.54) is 49.9 Å². The molecule has 0 unspecified atom stereocenters. The zero-order valence-electron chi connectivity index (χ0n) is 25.9. The number of carbonyl (C=O) groups is 2. The largest absolute Gasteiger partial charge is 0.317 e. The van der Waals surface area contributed by atoms with Gasteiger partial charge in [-0.3, -0.25) is 9.59 Å². The summed E-state index contributed by atoms with van der Waals surface area (Å²) >= 11 is 7.07. The number of hydrogen-bond acceptors (Lipinski definition) is 7. The summed E-state index contributed by atoms with van der Waals surface area (Å²) in [5, 5.41) is 7.42. The highest BCUT2D eigenvalue weighted by Crippen LogP contribution is 2.23. The Kier molecular flexibility index (Phi) is 19.9. The molecule has 2 rings (SSSR count). The van der Waals surface area contributed by atoms with Crippen LogP contribution in [0.15, 0.2) is 40.6 Å². The molecule has 0 fully saturated rings. The smallest absolute Gasteiger partial charge is 0.250 e. The molecule has 2 aromatic rings. The maximum atomic E-state index is 12.7. The van der Waals surface area contributed by atoms with Crippen molar-refractivity contribution in [3.63, 3.8) is 0 Å². The van der Waals surface area contributed by atoms with Gasteiger partial charge >= 0.3 is 0 Å². The normalized spacial score (nSPS) is 11.7. The van der Waals surface area contributed by atoms with Crippen LogP contribution in [0.3, 0.4) is 0 Å². The average Bonchev–Trinajstić information content (AvgIpc) is 3.48. The quantitative estimate of drug-likeness (QED) is 0.0689. The van der Waals surface area contributed by atoms with E-state index in [4.69, 9.17) is 11.6 Å². The van der Waals surface area contributed by atoms with Crippen LogP contribution in [0.2, 0.25) is 5.02 Å². The van der Waals surface area contributed by atoms with E-state index in [1.807, 2.05) is 0 Å². The van der Waals surface area contributed by atoms with E-state index in [-0.39, 0.29) is 9.99 Å². The molecular weight excluding hydrogens is 602 g/mol. The van der Waals surface area contributed by atoms with Gasteiger partial charge in [0.2, 0.25) is 10.0 Å². The topological polar surface area (TPSA) is 104 Å². The maximum absolute atomic E-state index is 12.7. The van der Waals surface area contributed by atoms with E-state index in [2.05, 4.69) is 22.3 Å². The zero-order chi connectivity index (χ0) is 31.2. The second-order valence-corrected chi connectivity index (χ2v) is 14.7. The number of sulfonamides is 1. The number of halogens is 1. The van der Waals surface area contributed by atoms with Gasteiger partial charge in [-0.25, -0.2) is 13.1 Å². The second-order valence-electron chi connectivity index (χ2n) is 11.1. The number of nitrogens with one attached hydrogen (secondary N) is 3. The minimum Gasteiger partial charge on any atom is -0.317 e. The van der Waals surface area contributed by atoms with Gasteiger partial charge in [0.15, 0.2) is 5.78 Å². The molecular formula is C33H52ClN3O4S2. The number of Topliss-reactive ketones (excluding diaryl/α,β-unsaturated/α-hetero) is 2. The van der Waals surface area contributed by atoms with E-state index in [9.17, 15) is 18.0 Å². The molecule has 7 nitrogen and oxygen atoms in total. The van der Waals surface area contributed by atoms with Crippen LogP contribution in [0.4, 0.5) is 0 Å². The molecule has 0 bridgehead atoms. The molecule has 0 aliphatic rings. The van der Waals surface area contributed by atoms with Gasteiger partial charge in [0.1, 0.15) is 9.99 Å². The van der Waals surface area contributed by atoms with Crippen LogP contribution in [0.5, 0.6) is 0 Å². The number of thiophene rings is 1. The summed E-state index contributed by atoms with van der Waals surface area (Å²) < 4.78 is 28.2. The molecule has 1 aromatic heterocycles. The fraction of sp³-hybridized carbons (Fsp3) is 0.636. The molecule has 0 saturated carbocycles. The predicted octanol–water partition coefficient (Wildman–Crippen LogP) is 7.33. The van der Waals surface area contributed by atoms with Crippen LogP contribution in [-0.2, 0) is 21.2 Å². The van der Waals surface area contributed by atoms with Gasteiger partial charge in [0.05, 0.1) is 0 Å². The summed E-state index contributed by atoms with van der Waals surface area (Å²) in [5.41, 5.74) is 0.601. The Morgan fingerprint density at radius 3 is 1.98 bits per heavy atom. The Labute approximate surface area is 269 Å².